The molecule has 8 nitrogen and oxygen atoms in total. The SMILES string of the molecule is CC(C)CCCNC(=O)[C@@H](CCCN=C(N)N)NC(=O)[C@@H](Cc1ccc(-c2ccccc2)cc1)NC(C)C. The maximum Gasteiger partial charge on any atom is 0.242 e. The number of hydrogen-bond acceptors (Lipinski definition) is 4. The Hall–Kier alpha value is -3.39. The monoisotopic (exact) mass is 522 g/mol. The van der Waals surface area contributed by atoms with E-state index in [0.29, 0.717) is 38.3 Å². The minimum Gasteiger partial charge on any atom is -0.370 e. The summed E-state index contributed by atoms with van der Waals surface area (Å²) in [7, 11) is 0. The molecule has 0 spiro atoms. The van der Waals surface area contributed by atoms with Crippen LogP contribution in [0.3, 0.4) is 0 Å². The predicted octanol–water partition coefficient (Wildman–Crippen LogP) is 3.35. The van der Waals surface area contributed by atoms with Crippen molar-refractivity contribution in [2.24, 2.45) is 22.4 Å². The molecule has 0 aromatic heterocycles. The molecule has 0 saturated carbocycles. The summed E-state index contributed by atoms with van der Waals surface area (Å²) in [5.74, 6) is 0.215. The normalized spacial score (nSPS) is 12.7. The van der Waals surface area contributed by atoms with Gasteiger partial charge in [0.25, 0.3) is 0 Å². The Balaban J connectivity index is 2.08. The Morgan fingerprint density at radius 1 is 0.816 bits per heavy atom. The van der Waals surface area contributed by atoms with E-state index in [9.17, 15) is 9.59 Å². The van der Waals surface area contributed by atoms with E-state index in [1.165, 1.54) is 0 Å². The van der Waals surface area contributed by atoms with E-state index in [4.69, 9.17) is 11.5 Å². The molecule has 208 valence electrons. The molecule has 38 heavy (non-hydrogen) atoms. The van der Waals surface area contributed by atoms with Crippen molar-refractivity contribution in [3.63, 3.8) is 0 Å². The van der Waals surface area contributed by atoms with Crippen LogP contribution in [0.2, 0.25) is 0 Å². The zero-order chi connectivity index (χ0) is 27.9. The fraction of sp³-hybridized carbons (Fsp3) is 0.500. The summed E-state index contributed by atoms with van der Waals surface area (Å²) < 4.78 is 0. The Kier molecular flexibility index (Phi) is 13.3. The molecule has 0 aliphatic heterocycles. The Morgan fingerprint density at radius 3 is 2.08 bits per heavy atom. The Labute approximate surface area is 228 Å². The lowest BCUT2D eigenvalue weighted by molar-refractivity contribution is -0.130. The van der Waals surface area contributed by atoms with Crippen molar-refractivity contribution in [1.82, 2.24) is 16.0 Å². The fourth-order valence-electron chi connectivity index (χ4n) is 4.22. The minimum absolute atomic E-state index is 0.0169. The van der Waals surface area contributed by atoms with Gasteiger partial charge in [-0.15, -0.1) is 0 Å². The van der Waals surface area contributed by atoms with Gasteiger partial charge in [-0.25, -0.2) is 0 Å². The van der Waals surface area contributed by atoms with Crippen LogP contribution in [0.15, 0.2) is 59.6 Å². The quantitative estimate of drug-likeness (QED) is 0.131. The van der Waals surface area contributed by atoms with E-state index in [2.05, 4.69) is 71.2 Å². The number of nitrogens with two attached hydrogens (primary N) is 2. The van der Waals surface area contributed by atoms with Crippen LogP contribution < -0.4 is 27.4 Å². The number of carbonyl (C=O) groups is 2. The van der Waals surface area contributed by atoms with Gasteiger partial charge in [-0.05, 0) is 54.7 Å². The zero-order valence-corrected chi connectivity index (χ0v) is 23.4. The standard InChI is InChI=1S/C30H46N6O2/c1-21(2)10-8-18-33-28(37)26(13-9-19-34-30(31)32)36-29(38)27(35-22(3)4)20-23-14-16-25(17-15-23)24-11-6-5-7-12-24/h5-7,11-12,14-17,21-22,26-27,35H,8-10,13,18-20H2,1-4H3,(H,33,37)(H,36,38)(H4,31,32,34)/t26-,27-/m1/s1. The van der Waals surface area contributed by atoms with Crippen molar-refractivity contribution in [1.29, 1.82) is 0 Å². The van der Waals surface area contributed by atoms with Crippen LogP contribution in [-0.2, 0) is 16.0 Å². The van der Waals surface area contributed by atoms with E-state index < -0.39 is 12.1 Å². The molecule has 0 saturated heterocycles. The second-order valence-electron chi connectivity index (χ2n) is 10.5. The van der Waals surface area contributed by atoms with Crippen molar-refractivity contribution in [2.75, 3.05) is 13.1 Å². The second-order valence-corrected chi connectivity index (χ2v) is 10.5. The molecule has 0 radical (unpaired) electrons. The number of aliphatic imine (C=N–C) groups is 1. The van der Waals surface area contributed by atoms with Crippen LogP contribution in [0, 0.1) is 5.92 Å². The highest BCUT2D eigenvalue weighted by atomic mass is 16.2. The molecule has 2 amide bonds. The first-order chi connectivity index (χ1) is 18.2. The molecular formula is C30H46N6O2. The molecule has 0 unspecified atom stereocenters. The van der Waals surface area contributed by atoms with Gasteiger partial charge in [-0.2, -0.15) is 0 Å². The summed E-state index contributed by atoms with van der Waals surface area (Å²) >= 11 is 0. The molecule has 2 aromatic rings. The van der Waals surface area contributed by atoms with Crippen molar-refractivity contribution in [2.45, 2.75) is 77.9 Å². The predicted molar refractivity (Wildman–Crippen MR) is 157 cm³/mol. The number of carbonyl (C=O) groups excluding carboxylic acids is 2. The Bertz CT molecular complexity index is 1000. The van der Waals surface area contributed by atoms with Gasteiger partial charge in [0, 0.05) is 19.1 Å². The highest BCUT2D eigenvalue weighted by Gasteiger charge is 2.26. The lowest BCUT2D eigenvalue weighted by Gasteiger charge is -2.25. The maximum absolute atomic E-state index is 13.4. The number of amides is 2. The third-order valence-electron chi connectivity index (χ3n) is 6.19. The number of benzene rings is 2. The summed E-state index contributed by atoms with van der Waals surface area (Å²) in [6.07, 6.45) is 3.46. The van der Waals surface area contributed by atoms with Crippen molar-refractivity contribution in [3.05, 3.63) is 60.2 Å². The van der Waals surface area contributed by atoms with E-state index in [0.717, 1.165) is 29.5 Å². The molecule has 0 aliphatic carbocycles. The number of nitrogens with zero attached hydrogens (tertiary/aromatic N) is 1. The largest absolute Gasteiger partial charge is 0.370 e. The summed E-state index contributed by atoms with van der Waals surface area (Å²) in [5, 5.41) is 9.35. The Morgan fingerprint density at radius 2 is 1.47 bits per heavy atom. The average Bonchev–Trinajstić information content (AvgIpc) is 2.88. The van der Waals surface area contributed by atoms with Crippen LogP contribution in [0.1, 0.15) is 58.9 Å². The maximum atomic E-state index is 13.4. The third-order valence-corrected chi connectivity index (χ3v) is 6.19. The molecule has 0 aliphatic rings. The number of nitrogens with one attached hydrogen (secondary N) is 3. The molecule has 7 N–H and O–H groups in total. The molecular weight excluding hydrogens is 476 g/mol. The summed E-state index contributed by atoms with van der Waals surface area (Å²) in [6, 6.07) is 17.4. The minimum atomic E-state index is -0.660. The van der Waals surface area contributed by atoms with Gasteiger partial charge in [-0.1, -0.05) is 82.3 Å². The lowest BCUT2D eigenvalue weighted by Crippen LogP contribution is -2.54. The fourth-order valence-corrected chi connectivity index (χ4v) is 4.22. The second kappa shape index (κ2) is 16.5. The molecule has 2 atom stereocenters. The van der Waals surface area contributed by atoms with Crippen LogP contribution in [0.4, 0.5) is 0 Å². The van der Waals surface area contributed by atoms with Gasteiger partial charge in [-0.3, -0.25) is 14.6 Å². The number of guanidine groups is 1. The van der Waals surface area contributed by atoms with Gasteiger partial charge < -0.3 is 27.4 Å². The topological polar surface area (TPSA) is 135 Å². The molecule has 0 bridgehead atoms. The number of rotatable bonds is 16. The molecule has 8 heteroatoms. The molecule has 0 heterocycles. The summed E-state index contributed by atoms with van der Waals surface area (Å²) in [4.78, 5) is 30.4. The van der Waals surface area contributed by atoms with Gasteiger partial charge in [0.15, 0.2) is 5.96 Å². The molecule has 2 aromatic carbocycles. The molecule has 0 fully saturated rings. The zero-order valence-electron chi connectivity index (χ0n) is 23.4. The van der Waals surface area contributed by atoms with Gasteiger partial charge in [0.2, 0.25) is 11.8 Å². The summed E-state index contributed by atoms with van der Waals surface area (Å²) in [5.41, 5.74) is 14.2. The van der Waals surface area contributed by atoms with Gasteiger partial charge in [0.1, 0.15) is 6.04 Å². The van der Waals surface area contributed by atoms with E-state index in [1.54, 1.807) is 0 Å². The highest BCUT2D eigenvalue weighted by molar-refractivity contribution is 5.90. The van der Waals surface area contributed by atoms with Crippen LogP contribution in [-0.4, -0.2) is 49.0 Å². The van der Waals surface area contributed by atoms with E-state index in [1.807, 2.05) is 32.0 Å². The first-order valence-electron chi connectivity index (χ1n) is 13.7. The average molecular weight is 523 g/mol. The summed E-state index contributed by atoms with van der Waals surface area (Å²) in [6.45, 7) is 9.31. The van der Waals surface area contributed by atoms with Crippen LogP contribution in [0.25, 0.3) is 11.1 Å². The molecule has 2 rings (SSSR count). The van der Waals surface area contributed by atoms with Crippen LogP contribution >= 0.6 is 0 Å². The third kappa shape index (κ3) is 11.8. The van der Waals surface area contributed by atoms with Crippen molar-refractivity contribution >= 4 is 17.8 Å². The smallest absolute Gasteiger partial charge is 0.242 e. The first kappa shape index (κ1) is 30.8. The van der Waals surface area contributed by atoms with Crippen molar-refractivity contribution in [3.8, 4) is 11.1 Å². The number of hydrogen-bond donors (Lipinski definition) is 5. The van der Waals surface area contributed by atoms with Gasteiger partial charge >= 0.3 is 0 Å². The van der Waals surface area contributed by atoms with Gasteiger partial charge in [0.05, 0.1) is 6.04 Å². The highest BCUT2D eigenvalue weighted by Crippen LogP contribution is 2.20. The first-order valence-corrected chi connectivity index (χ1v) is 13.7. The lowest BCUT2D eigenvalue weighted by atomic mass is 9.99. The van der Waals surface area contributed by atoms with Crippen molar-refractivity contribution < 1.29 is 9.59 Å². The van der Waals surface area contributed by atoms with Crippen LogP contribution in [0.5, 0.6) is 0 Å². The van der Waals surface area contributed by atoms with E-state index >= 15 is 0 Å². The van der Waals surface area contributed by atoms with E-state index in [-0.39, 0.29) is 23.8 Å².